The van der Waals surface area contributed by atoms with Gasteiger partial charge in [0, 0.05) is 39.1 Å². The van der Waals surface area contributed by atoms with Crippen molar-refractivity contribution in [3.8, 4) is 5.75 Å². The zero-order chi connectivity index (χ0) is 15.6. The van der Waals surface area contributed by atoms with E-state index >= 15 is 0 Å². The number of rotatable bonds is 6. The van der Waals surface area contributed by atoms with Gasteiger partial charge in [-0.1, -0.05) is 0 Å². The maximum absolute atomic E-state index is 12.5. The molecule has 1 aliphatic rings. The topological polar surface area (TPSA) is 87.1 Å². The zero-order valence-corrected chi connectivity index (χ0v) is 13.0. The van der Waals surface area contributed by atoms with Crippen molar-refractivity contribution >= 4 is 10.0 Å². The van der Waals surface area contributed by atoms with Crippen LogP contribution in [0.1, 0.15) is 12.5 Å². The summed E-state index contributed by atoms with van der Waals surface area (Å²) in [5.74, 6) is 0.246. The van der Waals surface area contributed by atoms with Gasteiger partial charge in [-0.05, 0) is 30.7 Å². The predicted molar refractivity (Wildman–Crippen MR) is 77.7 cm³/mol. The van der Waals surface area contributed by atoms with Crippen LogP contribution in [-0.2, 0) is 16.4 Å². The van der Waals surface area contributed by atoms with E-state index < -0.39 is 15.9 Å². The molecule has 0 aromatic heterocycles. The standard InChI is InChI=1S/C14H21NO5S/c1-10-5-12-6-13(3-4-14(12)20-10)21(18,19)15(2)7-11(8-16)9-17/h3-4,6,10-11,16-17H,5,7-9H2,1-2H3. The van der Waals surface area contributed by atoms with Gasteiger partial charge in [-0.25, -0.2) is 12.7 Å². The first-order valence-electron chi connectivity index (χ1n) is 6.86. The van der Waals surface area contributed by atoms with Crippen molar-refractivity contribution in [2.45, 2.75) is 24.3 Å². The number of aliphatic hydroxyl groups excluding tert-OH is 2. The van der Waals surface area contributed by atoms with Gasteiger partial charge < -0.3 is 14.9 Å². The third-order valence-electron chi connectivity index (χ3n) is 3.61. The molecular formula is C14H21NO5S. The van der Waals surface area contributed by atoms with Crippen molar-refractivity contribution in [1.29, 1.82) is 0 Å². The van der Waals surface area contributed by atoms with Crippen LogP contribution < -0.4 is 4.74 Å². The number of hydrogen-bond acceptors (Lipinski definition) is 5. The molecule has 0 amide bonds. The van der Waals surface area contributed by atoms with E-state index in [1.165, 1.54) is 13.1 Å². The Morgan fingerprint density at radius 2 is 2.05 bits per heavy atom. The van der Waals surface area contributed by atoms with Crippen molar-refractivity contribution in [3.63, 3.8) is 0 Å². The lowest BCUT2D eigenvalue weighted by atomic mass is 10.1. The highest BCUT2D eigenvalue weighted by Crippen LogP contribution is 2.31. The van der Waals surface area contributed by atoms with E-state index in [1.807, 2.05) is 6.92 Å². The molecule has 1 aliphatic heterocycles. The lowest BCUT2D eigenvalue weighted by Crippen LogP contribution is -2.34. The van der Waals surface area contributed by atoms with Crippen molar-refractivity contribution < 1.29 is 23.4 Å². The van der Waals surface area contributed by atoms with Gasteiger partial charge in [-0.3, -0.25) is 0 Å². The minimum absolute atomic E-state index is 0.0591. The Balaban J connectivity index is 2.22. The van der Waals surface area contributed by atoms with E-state index in [4.69, 9.17) is 14.9 Å². The molecule has 0 spiro atoms. The summed E-state index contributed by atoms with van der Waals surface area (Å²) in [5.41, 5.74) is 0.887. The molecule has 0 fully saturated rings. The Morgan fingerprint density at radius 1 is 1.38 bits per heavy atom. The number of hydrogen-bond donors (Lipinski definition) is 2. The van der Waals surface area contributed by atoms with E-state index in [1.54, 1.807) is 12.1 Å². The van der Waals surface area contributed by atoms with E-state index in [0.717, 1.165) is 15.6 Å². The first-order valence-corrected chi connectivity index (χ1v) is 8.30. The molecule has 21 heavy (non-hydrogen) atoms. The summed E-state index contributed by atoms with van der Waals surface area (Å²) >= 11 is 0. The molecule has 1 unspecified atom stereocenters. The second-order valence-corrected chi connectivity index (χ2v) is 7.46. The molecule has 1 aromatic carbocycles. The highest BCUT2D eigenvalue weighted by atomic mass is 32.2. The average Bonchev–Trinajstić information content (AvgIpc) is 2.83. The highest BCUT2D eigenvalue weighted by molar-refractivity contribution is 7.89. The lowest BCUT2D eigenvalue weighted by molar-refractivity contribution is 0.137. The minimum atomic E-state index is -3.64. The molecule has 0 radical (unpaired) electrons. The number of aliphatic hydroxyl groups is 2. The van der Waals surface area contributed by atoms with Gasteiger partial charge >= 0.3 is 0 Å². The fourth-order valence-corrected chi connectivity index (χ4v) is 3.67. The van der Waals surface area contributed by atoms with Crippen LogP contribution in [0, 0.1) is 5.92 Å². The van der Waals surface area contributed by atoms with Crippen LogP contribution in [0.3, 0.4) is 0 Å². The Kier molecular flexibility index (Phi) is 4.88. The SMILES string of the molecule is CC1Cc2cc(S(=O)(=O)N(C)CC(CO)CO)ccc2O1. The molecule has 2 rings (SSSR count). The largest absolute Gasteiger partial charge is 0.490 e. The molecule has 1 heterocycles. The third-order valence-corrected chi connectivity index (χ3v) is 5.43. The van der Waals surface area contributed by atoms with Gasteiger partial charge in [0.25, 0.3) is 0 Å². The molecule has 6 nitrogen and oxygen atoms in total. The zero-order valence-electron chi connectivity index (χ0n) is 12.2. The van der Waals surface area contributed by atoms with E-state index in [0.29, 0.717) is 6.42 Å². The second-order valence-electron chi connectivity index (χ2n) is 5.42. The average molecular weight is 315 g/mol. The Bertz CT molecular complexity index is 597. The number of benzene rings is 1. The number of ether oxygens (including phenoxy) is 1. The van der Waals surface area contributed by atoms with Gasteiger partial charge in [0.2, 0.25) is 10.0 Å². The molecule has 0 aliphatic carbocycles. The van der Waals surface area contributed by atoms with Crippen molar-refractivity contribution in [2.24, 2.45) is 5.92 Å². The number of fused-ring (bicyclic) bond motifs is 1. The normalized spacial score (nSPS) is 18.1. The quantitative estimate of drug-likeness (QED) is 0.785. The van der Waals surface area contributed by atoms with Crippen molar-refractivity contribution in [3.05, 3.63) is 23.8 Å². The van der Waals surface area contributed by atoms with Crippen molar-refractivity contribution in [2.75, 3.05) is 26.8 Å². The van der Waals surface area contributed by atoms with Crippen LogP contribution in [0.4, 0.5) is 0 Å². The Labute approximate surface area is 125 Å². The summed E-state index contributed by atoms with van der Waals surface area (Å²) in [4.78, 5) is 0.205. The minimum Gasteiger partial charge on any atom is -0.490 e. The Morgan fingerprint density at radius 3 is 2.67 bits per heavy atom. The molecule has 0 bridgehead atoms. The van der Waals surface area contributed by atoms with Crippen LogP contribution in [0.2, 0.25) is 0 Å². The first-order chi connectivity index (χ1) is 9.88. The molecule has 0 saturated heterocycles. The smallest absolute Gasteiger partial charge is 0.242 e. The molecule has 0 saturated carbocycles. The number of sulfonamides is 1. The Hall–Kier alpha value is -1.15. The third kappa shape index (κ3) is 3.37. The van der Waals surface area contributed by atoms with Gasteiger partial charge in [0.05, 0.1) is 4.90 Å². The summed E-state index contributed by atoms with van der Waals surface area (Å²) in [5, 5.41) is 18.1. The van der Waals surface area contributed by atoms with Gasteiger partial charge in [0.15, 0.2) is 0 Å². The monoisotopic (exact) mass is 315 g/mol. The van der Waals surface area contributed by atoms with Crippen LogP contribution >= 0.6 is 0 Å². The molecular weight excluding hydrogens is 294 g/mol. The fraction of sp³-hybridized carbons (Fsp3) is 0.571. The summed E-state index contributed by atoms with van der Waals surface area (Å²) < 4.78 is 31.7. The fourth-order valence-electron chi connectivity index (χ4n) is 2.37. The molecule has 118 valence electrons. The molecule has 1 atom stereocenters. The summed E-state index contributed by atoms with van der Waals surface area (Å²) in [6, 6.07) is 4.84. The van der Waals surface area contributed by atoms with Gasteiger partial charge in [-0.2, -0.15) is 0 Å². The molecule has 1 aromatic rings. The predicted octanol–water partition coefficient (Wildman–Crippen LogP) is 0.231. The maximum Gasteiger partial charge on any atom is 0.242 e. The number of nitrogens with zero attached hydrogens (tertiary/aromatic N) is 1. The highest BCUT2D eigenvalue weighted by Gasteiger charge is 2.26. The van der Waals surface area contributed by atoms with Crippen LogP contribution in [0.15, 0.2) is 23.1 Å². The van der Waals surface area contributed by atoms with E-state index in [-0.39, 0.29) is 30.8 Å². The first kappa shape index (κ1) is 16.2. The van der Waals surface area contributed by atoms with Crippen LogP contribution in [0.25, 0.3) is 0 Å². The van der Waals surface area contributed by atoms with Crippen LogP contribution in [-0.4, -0.2) is 55.8 Å². The summed E-state index contributed by atoms with van der Waals surface area (Å²) in [7, 11) is -2.19. The lowest BCUT2D eigenvalue weighted by Gasteiger charge is -2.21. The molecule has 7 heteroatoms. The van der Waals surface area contributed by atoms with Gasteiger partial charge in [0.1, 0.15) is 11.9 Å². The summed E-state index contributed by atoms with van der Waals surface area (Å²) in [6.45, 7) is 1.49. The summed E-state index contributed by atoms with van der Waals surface area (Å²) in [6.07, 6.45) is 0.752. The van der Waals surface area contributed by atoms with Crippen molar-refractivity contribution in [1.82, 2.24) is 4.31 Å². The van der Waals surface area contributed by atoms with E-state index in [2.05, 4.69) is 0 Å². The van der Waals surface area contributed by atoms with Gasteiger partial charge in [-0.15, -0.1) is 0 Å². The molecule has 2 N–H and O–H groups in total. The second kappa shape index (κ2) is 6.31. The van der Waals surface area contributed by atoms with E-state index in [9.17, 15) is 8.42 Å². The maximum atomic E-state index is 12.5. The van der Waals surface area contributed by atoms with Crippen LogP contribution in [0.5, 0.6) is 5.75 Å².